The molecule has 150 valence electrons. The summed E-state index contributed by atoms with van der Waals surface area (Å²) in [5, 5.41) is 0. The summed E-state index contributed by atoms with van der Waals surface area (Å²) in [5.41, 5.74) is 1.92. The van der Waals surface area contributed by atoms with Crippen molar-refractivity contribution >= 4 is 37.5 Å². The zero-order valence-corrected chi connectivity index (χ0v) is 18.5. The number of amides is 1. The molecule has 0 radical (unpaired) electrons. The minimum absolute atomic E-state index is 0.0154. The molecule has 0 saturated carbocycles. The van der Waals surface area contributed by atoms with Crippen molar-refractivity contribution in [1.82, 2.24) is 4.31 Å². The zero-order chi connectivity index (χ0) is 20.5. The summed E-state index contributed by atoms with van der Waals surface area (Å²) in [4.78, 5) is 14.7. The number of carbonyl (C=O) groups is 1. The van der Waals surface area contributed by atoms with Crippen molar-refractivity contribution in [3.63, 3.8) is 0 Å². The lowest BCUT2D eigenvalue weighted by molar-refractivity contribution is -0.118. The van der Waals surface area contributed by atoms with Crippen LogP contribution in [-0.4, -0.2) is 44.9 Å². The van der Waals surface area contributed by atoms with E-state index in [1.54, 1.807) is 17.0 Å². The summed E-state index contributed by atoms with van der Waals surface area (Å²) in [7, 11) is -2.35. The molecule has 3 rings (SSSR count). The molecule has 28 heavy (non-hydrogen) atoms. The maximum Gasteiger partial charge on any atom is 0.243 e. The number of anilines is 1. The molecule has 1 aliphatic heterocycles. The van der Waals surface area contributed by atoms with Crippen molar-refractivity contribution in [3.8, 4) is 5.75 Å². The molecule has 1 heterocycles. The van der Waals surface area contributed by atoms with Gasteiger partial charge in [0.15, 0.2) is 0 Å². The van der Waals surface area contributed by atoms with Crippen LogP contribution in [0.15, 0.2) is 51.8 Å². The Hall–Kier alpha value is -1.90. The zero-order valence-electron chi connectivity index (χ0n) is 16.1. The molecule has 1 aliphatic rings. The molecular weight excluding hydrogens is 444 g/mol. The van der Waals surface area contributed by atoms with Gasteiger partial charge in [-0.2, -0.15) is 4.31 Å². The van der Waals surface area contributed by atoms with Gasteiger partial charge >= 0.3 is 0 Å². The first-order valence-corrected chi connectivity index (χ1v) is 11.3. The summed E-state index contributed by atoms with van der Waals surface area (Å²) in [6.07, 6.45) is 0.746. The number of hydrogen-bond donors (Lipinski definition) is 0. The van der Waals surface area contributed by atoms with E-state index in [0.29, 0.717) is 12.4 Å². The first-order valence-electron chi connectivity index (χ1n) is 9.03. The van der Waals surface area contributed by atoms with Gasteiger partial charge in [-0.05, 0) is 68.3 Å². The normalized spacial score (nSPS) is 16.3. The number of ether oxygens (including phenoxy) is 1. The molecule has 1 amide bonds. The molecule has 0 bridgehead atoms. The largest absolute Gasteiger partial charge is 0.494 e. The predicted octanol–water partition coefficient (Wildman–Crippen LogP) is 3.45. The number of fused-ring (bicyclic) bond motifs is 1. The van der Waals surface area contributed by atoms with Crippen LogP contribution in [0.5, 0.6) is 5.75 Å². The van der Waals surface area contributed by atoms with Crippen LogP contribution < -0.4 is 9.64 Å². The fraction of sp³-hybridized carbons (Fsp3) is 0.350. The average Bonchev–Trinajstić information content (AvgIpc) is 2.97. The average molecular weight is 467 g/mol. The van der Waals surface area contributed by atoms with Crippen LogP contribution in [0.2, 0.25) is 0 Å². The van der Waals surface area contributed by atoms with Crippen LogP contribution in [-0.2, 0) is 21.2 Å². The van der Waals surface area contributed by atoms with Gasteiger partial charge in [0.2, 0.25) is 15.9 Å². The highest BCUT2D eigenvalue weighted by Crippen LogP contribution is 2.34. The summed E-state index contributed by atoms with van der Waals surface area (Å²) in [5.74, 6) is 0.361. The van der Waals surface area contributed by atoms with E-state index < -0.39 is 10.0 Å². The maximum absolute atomic E-state index is 12.9. The van der Waals surface area contributed by atoms with Gasteiger partial charge in [-0.15, -0.1) is 0 Å². The molecule has 1 atom stereocenters. The van der Waals surface area contributed by atoms with Gasteiger partial charge in [0.25, 0.3) is 0 Å². The van der Waals surface area contributed by atoms with E-state index >= 15 is 0 Å². The molecule has 0 spiro atoms. The summed E-state index contributed by atoms with van der Waals surface area (Å²) in [6.45, 7) is 4.11. The first-order chi connectivity index (χ1) is 13.2. The lowest BCUT2D eigenvalue weighted by atomic mass is 10.1. The second-order valence-electron chi connectivity index (χ2n) is 6.76. The Morgan fingerprint density at radius 2 is 1.93 bits per heavy atom. The second kappa shape index (κ2) is 8.23. The third-order valence-corrected chi connectivity index (χ3v) is 7.04. The summed E-state index contributed by atoms with van der Waals surface area (Å²) < 4.78 is 33.1. The van der Waals surface area contributed by atoms with Gasteiger partial charge in [0, 0.05) is 23.2 Å². The van der Waals surface area contributed by atoms with Crippen molar-refractivity contribution in [2.45, 2.75) is 31.2 Å². The smallest absolute Gasteiger partial charge is 0.243 e. The van der Waals surface area contributed by atoms with Gasteiger partial charge in [0.05, 0.1) is 18.0 Å². The molecule has 2 aromatic rings. The fourth-order valence-corrected chi connectivity index (χ4v) is 4.91. The maximum atomic E-state index is 12.9. The fourth-order valence-electron chi connectivity index (χ4n) is 3.39. The number of hydrogen-bond acceptors (Lipinski definition) is 4. The number of halogens is 1. The van der Waals surface area contributed by atoms with Crippen molar-refractivity contribution < 1.29 is 17.9 Å². The number of carbonyl (C=O) groups excluding carboxylic acids is 1. The topological polar surface area (TPSA) is 66.9 Å². The van der Waals surface area contributed by atoms with Crippen LogP contribution >= 0.6 is 15.9 Å². The van der Waals surface area contributed by atoms with Crippen LogP contribution in [0.25, 0.3) is 0 Å². The van der Waals surface area contributed by atoms with E-state index in [2.05, 4.69) is 15.9 Å². The van der Waals surface area contributed by atoms with Gasteiger partial charge in [-0.1, -0.05) is 15.9 Å². The van der Waals surface area contributed by atoms with Crippen LogP contribution in [0.4, 0.5) is 5.69 Å². The Labute approximate surface area is 174 Å². The lowest BCUT2D eigenvalue weighted by Gasteiger charge is -2.25. The van der Waals surface area contributed by atoms with E-state index in [1.165, 1.54) is 19.2 Å². The van der Waals surface area contributed by atoms with Gasteiger partial charge in [-0.25, -0.2) is 8.42 Å². The summed E-state index contributed by atoms with van der Waals surface area (Å²) >= 11 is 3.45. The second-order valence-corrected chi connectivity index (χ2v) is 9.72. The lowest BCUT2D eigenvalue weighted by Crippen LogP contribution is -2.43. The van der Waals surface area contributed by atoms with Crippen LogP contribution in [0.3, 0.4) is 0 Å². The first kappa shape index (κ1) is 20.8. The molecule has 2 aromatic carbocycles. The molecule has 0 aromatic heterocycles. The number of benzene rings is 2. The Bertz CT molecular complexity index is 976. The minimum Gasteiger partial charge on any atom is -0.494 e. The van der Waals surface area contributed by atoms with E-state index in [1.807, 2.05) is 32.0 Å². The molecule has 0 fully saturated rings. The van der Waals surface area contributed by atoms with Crippen molar-refractivity contribution in [2.75, 3.05) is 25.1 Å². The van der Waals surface area contributed by atoms with Crippen LogP contribution in [0.1, 0.15) is 19.4 Å². The Morgan fingerprint density at radius 3 is 2.57 bits per heavy atom. The molecule has 0 unspecified atom stereocenters. The van der Waals surface area contributed by atoms with Gasteiger partial charge < -0.3 is 9.64 Å². The molecule has 0 saturated heterocycles. The van der Waals surface area contributed by atoms with Crippen molar-refractivity contribution in [3.05, 3.63) is 52.5 Å². The number of sulfonamides is 1. The number of rotatable bonds is 6. The Morgan fingerprint density at radius 1 is 1.25 bits per heavy atom. The SMILES string of the molecule is CCOc1ccc(S(=O)(=O)N(C)CC(=O)N2c3ccc(Br)cc3C[C@H]2C)cc1. The molecule has 0 N–H and O–H groups in total. The highest BCUT2D eigenvalue weighted by molar-refractivity contribution is 9.10. The predicted molar refractivity (Wildman–Crippen MR) is 112 cm³/mol. The van der Waals surface area contributed by atoms with Crippen LogP contribution in [0, 0.1) is 0 Å². The Kier molecular flexibility index (Phi) is 6.12. The van der Waals surface area contributed by atoms with E-state index in [9.17, 15) is 13.2 Å². The Balaban J connectivity index is 1.77. The number of nitrogens with zero attached hydrogens (tertiary/aromatic N) is 2. The van der Waals surface area contributed by atoms with Crippen molar-refractivity contribution in [1.29, 1.82) is 0 Å². The molecule has 8 heteroatoms. The quantitative estimate of drug-likeness (QED) is 0.653. The molecule has 0 aliphatic carbocycles. The highest BCUT2D eigenvalue weighted by atomic mass is 79.9. The highest BCUT2D eigenvalue weighted by Gasteiger charge is 2.33. The van der Waals surface area contributed by atoms with Crippen molar-refractivity contribution in [2.24, 2.45) is 0 Å². The molecule has 6 nitrogen and oxygen atoms in total. The van der Waals surface area contributed by atoms with E-state index in [4.69, 9.17) is 4.74 Å². The standard InChI is InChI=1S/C20H23BrN2O4S/c1-4-27-17-6-8-18(9-7-17)28(25,26)22(3)13-20(24)23-14(2)11-15-12-16(21)5-10-19(15)23/h5-10,12,14H,4,11,13H2,1-3H3/t14-/m1/s1. The monoisotopic (exact) mass is 466 g/mol. The number of likely N-dealkylation sites (N-methyl/N-ethyl adjacent to an activating group) is 1. The van der Waals surface area contributed by atoms with E-state index in [0.717, 1.165) is 26.4 Å². The molecular formula is C20H23BrN2O4S. The van der Waals surface area contributed by atoms with Gasteiger partial charge in [0.1, 0.15) is 5.75 Å². The van der Waals surface area contributed by atoms with Gasteiger partial charge in [-0.3, -0.25) is 4.79 Å². The minimum atomic E-state index is -3.77. The third-order valence-electron chi connectivity index (χ3n) is 4.73. The third kappa shape index (κ3) is 4.09. The van der Waals surface area contributed by atoms with E-state index in [-0.39, 0.29) is 23.4 Å². The summed E-state index contributed by atoms with van der Waals surface area (Å²) in [6, 6.07) is 12.0.